The van der Waals surface area contributed by atoms with Crippen LogP contribution in [0.1, 0.15) is 18.4 Å². The quantitative estimate of drug-likeness (QED) is 0.835. The molecule has 1 fully saturated rings. The normalized spacial score (nSPS) is 19.3. The highest BCUT2D eigenvalue weighted by molar-refractivity contribution is 5.42. The Hall–Kier alpha value is -1.60. The average Bonchev–Trinajstić information content (AvgIpc) is 2.82. The highest BCUT2D eigenvalue weighted by Crippen LogP contribution is 2.16. The minimum atomic E-state index is 0.640. The molecule has 1 saturated heterocycles. The number of hydrogen-bond donors (Lipinski definition) is 1. The largest absolute Gasteiger partial charge is 0.381 e. The lowest BCUT2D eigenvalue weighted by atomic mass is 10.1. The molecule has 0 amide bonds. The molecule has 0 saturated carbocycles. The number of aromatic nitrogens is 1. The Morgan fingerprint density at radius 1 is 1.62 bits per heavy atom. The minimum Gasteiger partial charge on any atom is -0.381 e. The summed E-state index contributed by atoms with van der Waals surface area (Å²) in [5.74, 6) is 1.45. The zero-order valence-electron chi connectivity index (χ0n) is 9.15. The Morgan fingerprint density at radius 2 is 2.56 bits per heavy atom. The second-order valence-corrected chi connectivity index (χ2v) is 3.99. The molecular weight excluding hydrogens is 202 g/mol. The van der Waals surface area contributed by atoms with E-state index in [1.165, 1.54) is 0 Å². The van der Waals surface area contributed by atoms with Crippen LogP contribution in [0.2, 0.25) is 0 Å². The number of nitrogens with one attached hydrogen (secondary N) is 1. The maximum Gasteiger partial charge on any atom is 0.127 e. The van der Waals surface area contributed by atoms with E-state index < -0.39 is 0 Å². The van der Waals surface area contributed by atoms with Crippen molar-refractivity contribution in [3.8, 4) is 6.07 Å². The van der Waals surface area contributed by atoms with Gasteiger partial charge in [-0.3, -0.25) is 0 Å². The van der Waals surface area contributed by atoms with E-state index in [-0.39, 0.29) is 0 Å². The summed E-state index contributed by atoms with van der Waals surface area (Å²) in [7, 11) is 0. The van der Waals surface area contributed by atoms with Crippen LogP contribution in [0.25, 0.3) is 0 Å². The van der Waals surface area contributed by atoms with Crippen LogP contribution in [-0.4, -0.2) is 24.7 Å². The van der Waals surface area contributed by atoms with Crippen molar-refractivity contribution in [1.29, 1.82) is 5.26 Å². The molecule has 2 heterocycles. The van der Waals surface area contributed by atoms with Crippen molar-refractivity contribution in [2.24, 2.45) is 5.92 Å². The third-order valence-corrected chi connectivity index (χ3v) is 2.77. The Balaban J connectivity index is 1.78. The Morgan fingerprint density at radius 3 is 3.31 bits per heavy atom. The van der Waals surface area contributed by atoms with Crippen LogP contribution in [0.5, 0.6) is 0 Å². The fraction of sp³-hybridized carbons (Fsp3) is 0.500. The summed E-state index contributed by atoms with van der Waals surface area (Å²) in [6.07, 6.45) is 3.91. The maximum atomic E-state index is 8.74. The van der Waals surface area contributed by atoms with Crippen LogP contribution in [0.4, 0.5) is 5.82 Å². The Bertz CT molecular complexity index is 380. The summed E-state index contributed by atoms with van der Waals surface area (Å²) in [4.78, 5) is 4.16. The van der Waals surface area contributed by atoms with Gasteiger partial charge in [0.25, 0.3) is 0 Å². The van der Waals surface area contributed by atoms with Crippen LogP contribution >= 0.6 is 0 Å². The Kier molecular flexibility index (Phi) is 3.73. The number of anilines is 1. The standard InChI is InChI=1S/C12H15N3O/c13-8-11-2-5-15-12(7-11)14-4-1-10-3-6-16-9-10/h2,5,7,10H,1,3-4,6,9H2,(H,14,15). The molecule has 1 N–H and O–H groups in total. The first-order valence-electron chi connectivity index (χ1n) is 5.56. The number of rotatable bonds is 4. The van der Waals surface area contributed by atoms with Crippen molar-refractivity contribution in [2.75, 3.05) is 25.1 Å². The molecule has 1 unspecified atom stereocenters. The number of ether oxygens (including phenoxy) is 1. The molecule has 0 bridgehead atoms. The first-order chi connectivity index (χ1) is 7.88. The summed E-state index contributed by atoms with van der Waals surface area (Å²) < 4.78 is 5.31. The van der Waals surface area contributed by atoms with E-state index in [1.54, 1.807) is 18.3 Å². The van der Waals surface area contributed by atoms with Crippen molar-refractivity contribution >= 4 is 5.82 Å². The third-order valence-electron chi connectivity index (χ3n) is 2.77. The smallest absolute Gasteiger partial charge is 0.127 e. The summed E-state index contributed by atoms with van der Waals surface area (Å²) in [5.41, 5.74) is 0.640. The number of pyridine rings is 1. The van der Waals surface area contributed by atoms with Crippen LogP contribution in [0, 0.1) is 17.2 Å². The molecule has 0 radical (unpaired) electrons. The summed E-state index contributed by atoms with van der Waals surface area (Å²) in [6, 6.07) is 5.57. The number of nitrogens with zero attached hydrogens (tertiary/aromatic N) is 2. The molecule has 1 aromatic heterocycles. The van der Waals surface area contributed by atoms with Crippen LogP contribution in [-0.2, 0) is 4.74 Å². The number of nitriles is 1. The molecule has 2 rings (SSSR count). The number of hydrogen-bond acceptors (Lipinski definition) is 4. The van der Waals surface area contributed by atoms with Gasteiger partial charge in [-0.25, -0.2) is 4.98 Å². The second-order valence-electron chi connectivity index (χ2n) is 3.99. The van der Waals surface area contributed by atoms with Crippen LogP contribution < -0.4 is 5.32 Å². The molecule has 1 aromatic rings. The highest BCUT2D eigenvalue weighted by Gasteiger charge is 2.14. The van der Waals surface area contributed by atoms with E-state index in [2.05, 4.69) is 16.4 Å². The van der Waals surface area contributed by atoms with E-state index in [4.69, 9.17) is 10.00 Å². The topological polar surface area (TPSA) is 57.9 Å². The molecular formula is C12H15N3O. The first kappa shape index (κ1) is 10.9. The van der Waals surface area contributed by atoms with Gasteiger partial charge in [0.2, 0.25) is 0 Å². The van der Waals surface area contributed by atoms with Gasteiger partial charge >= 0.3 is 0 Å². The molecule has 1 atom stereocenters. The first-order valence-corrected chi connectivity index (χ1v) is 5.56. The molecule has 4 nitrogen and oxygen atoms in total. The van der Waals surface area contributed by atoms with Crippen molar-refractivity contribution in [1.82, 2.24) is 4.98 Å². The predicted octanol–water partition coefficient (Wildman–Crippen LogP) is 1.79. The van der Waals surface area contributed by atoms with Gasteiger partial charge in [-0.2, -0.15) is 5.26 Å². The molecule has 1 aliphatic heterocycles. The molecule has 16 heavy (non-hydrogen) atoms. The van der Waals surface area contributed by atoms with E-state index in [9.17, 15) is 0 Å². The van der Waals surface area contributed by atoms with E-state index >= 15 is 0 Å². The van der Waals surface area contributed by atoms with Gasteiger partial charge in [0.15, 0.2) is 0 Å². The molecule has 84 valence electrons. The van der Waals surface area contributed by atoms with Gasteiger partial charge in [-0.1, -0.05) is 0 Å². The monoisotopic (exact) mass is 217 g/mol. The van der Waals surface area contributed by atoms with Gasteiger partial charge in [0.1, 0.15) is 5.82 Å². The fourth-order valence-corrected chi connectivity index (χ4v) is 1.81. The zero-order chi connectivity index (χ0) is 11.2. The molecule has 0 spiro atoms. The van der Waals surface area contributed by atoms with Gasteiger partial charge in [0.05, 0.1) is 11.6 Å². The molecule has 0 aliphatic carbocycles. The lowest BCUT2D eigenvalue weighted by Crippen LogP contribution is -2.09. The average molecular weight is 217 g/mol. The van der Waals surface area contributed by atoms with E-state index in [1.807, 2.05) is 0 Å². The molecule has 0 aromatic carbocycles. The van der Waals surface area contributed by atoms with Crippen molar-refractivity contribution in [2.45, 2.75) is 12.8 Å². The Labute approximate surface area is 95.3 Å². The second kappa shape index (κ2) is 5.47. The van der Waals surface area contributed by atoms with Crippen molar-refractivity contribution in [3.05, 3.63) is 23.9 Å². The van der Waals surface area contributed by atoms with Gasteiger partial charge in [-0.05, 0) is 30.9 Å². The van der Waals surface area contributed by atoms with Gasteiger partial charge < -0.3 is 10.1 Å². The van der Waals surface area contributed by atoms with Crippen LogP contribution in [0.15, 0.2) is 18.3 Å². The summed E-state index contributed by atoms with van der Waals surface area (Å²) in [5, 5.41) is 12.0. The summed E-state index contributed by atoms with van der Waals surface area (Å²) in [6.45, 7) is 2.66. The lowest BCUT2D eigenvalue weighted by Gasteiger charge is -2.08. The van der Waals surface area contributed by atoms with E-state index in [0.717, 1.165) is 38.4 Å². The highest BCUT2D eigenvalue weighted by atomic mass is 16.5. The molecule has 1 aliphatic rings. The lowest BCUT2D eigenvalue weighted by molar-refractivity contribution is 0.185. The minimum absolute atomic E-state index is 0.640. The van der Waals surface area contributed by atoms with E-state index in [0.29, 0.717) is 11.5 Å². The fourth-order valence-electron chi connectivity index (χ4n) is 1.81. The van der Waals surface area contributed by atoms with Gasteiger partial charge in [-0.15, -0.1) is 0 Å². The van der Waals surface area contributed by atoms with Crippen LogP contribution in [0.3, 0.4) is 0 Å². The van der Waals surface area contributed by atoms with Crippen molar-refractivity contribution in [3.63, 3.8) is 0 Å². The predicted molar refractivity (Wildman–Crippen MR) is 61.0 cm³/mol. The summed E-state index contributed by atoms with van der Waals surface area (Å²) >= 11 is 0. The van der Waals surface area contributed by atoms with Gasteiger partial charge in [0, 0.05) is 26.0 Å². The maximum absolute atomic E-state index is 8.74. The SMILES string of the molecule is N#Cc1ccnc(NCCC2CCOC2)c1. The zero-order valence-corrected chi connectivity index (χ0v) is 9.15. The van der Waals surface area contributed by atoms with Crippen molar-refractivity contribution < 1.29 is 4.74 Å². The third kappa shape index (κ3) is 2.94. The molecule has 4 heteroatoms.